The summed E-state index contributed by atoms with van der Waals surface area (Å²) < 4.78 is 11.7. The number of rotatable bonds is 9. The van der Waals surface area contributed by atoms with E-state index in [1.807, 2.05) is 69.3 Å². The molecule has 1 heterocycles. The summed E-state index contributed by atoms with van der Waals surface area (Å²) in [7, 11) is 2.87. The fourth-order valence-corrected chi connectivity index (χ4v) is 4.37. The minimum absolute atomic E-state index is 0.115. The van der Waals surface area contributed by atoms with Crippen LogP contribution in [0.4, 0.5) is 0 Å². The third kappa shape index (κ3) is 6.63. The van der Waals surface area contributed by atoms with Crippen molar-refractivity contribution in [1.29, 1.82) is 0 Å². The van der Waals surface area contributed by atoms with Gasteiger partial charge in [0, 0.05) is 12.1 Å². The molecule has 0 bridgehead atoms. The third-order valence-electron chi connectivity index (χ3n) is 6.22. The van der Waals surface area contributed by atoms with Crippen LogP contribution in [0.2, 0.25) is 0 Å². The lowest BCUT2D eigenvalue weighted by atomic mass is 9.99. The first kappa shape index (κ1) is 28.3. The molecule has 40 heavy (non-hydrogen) atoms. The summed E-state index contributed by atoms with van der Waals surface area (Å²) in [5.74, 6) is -0.572. The van der Waals surface area contributed by atoms with Crippen molar-refractivity contribution < 1.29 is 23.9 Å². The van der Waals surface area contributed by atoms with Crippen LogP contribution in [-0.4, -0.2) is 57.4 Å². The Labute approximate surface area is 232 Å². The molecule has 4 rings (SSSR count). The number of aromatic nitrogens is 3. The second-order valence-corrected chi connectivity index (χ2v) is 10.4. The smallest absolute Gasteiger partial charge is 0.337 e. The Kier molecular flexibility index (Phi) is 8.47. The Hall–Kier alpha value is -4.73. The van der Waals surface area contributed by atoms with Crippen molar-refractivity contribution in [2.45, 2.75) is 45.4 Å². The lowest BCUT2D eigenvalue weighted by Crippen LogP contribution is -2.49. The molecule has 1 N–H and O–H groups in total. The van der Waals surface area contributed by atoms with Crippen LogP contribution in [0.3, 0.4) is 0 Å². The molecule has 4 aromatic rings. The Morgan fingerprint density at radius 2 is 1.70 bits per heavy atom. The van der Waals surface area contributed by atoms with E-state index in [1.165, 1.54) is 16.7 Å². The first-order valence-electron chi connectivity index (χ1n) is 12.8. The van der Waals surface area contributed by atoms with Crippen molar-refractivity contribution in [2.75, 3.05) is 14.2 Å². The highest BCUT2D eigenvalue weighted by Gasteiger charge is 2.34. The van der Waals surface area contributed by atoms with Gasteiger partial charge in [-0.1, -0.05) is 41.6 Å². The summed E-state index contributed by atoms with van der Waals surface area (Å²) in [6.07, 6.45) is 0. The van der Waals surface area contributed by atoms with Crippen molar-refractivity contribution in [3.05, 3.63) is 89.5 Å². The maximum atomic E-state index is 14.1. The number of ether oxygens (including phenoxy) is 2. The van der Waals surface area contributed by atoms with E-state index in [1.54, 1.807) is 31.4 Å². The zero-order valence-corrected chi connectivity index (χ0v) is 23.2. The molecule has 1 atom stereocenters. The number of hydrogen-bond acceptors (Lipinski definition) is 7. The van der Waals surface area contributed by atoms with Gasteiger partial charge in [-0.15, -0.1) is 5.10 Å². The third-order valence-corrected chi connectivity index (χ3v) is 6.22. The van der Waals surface area contributed by atoms with E-state index in [-0.39, 0.29) is 24.9 Å². The highest BCUT2D eigenvalue weighted by molar-refractivity contribution is 5.91. The quantitative estimate of drug-likeness (QED) is 0.318. The fourth-order valence-electron chi connectivity index (χ4n) is 4.37. The fraction of sp³-hybridized carbons (Fsp3) is 0.300. The van der Waals surface area contributed by atoms with Gasteiger partial charge in [0.1, 0.15) is 23.9 Å². The molecule has 10 heteroatoms. The van der Waals surface area contributed by atoms with Crippen molar-refractivity contribution in [2.24, 2.45) is 0 Å². The van der Waals surface area contributed by atoms with E-state index in [0.717, 1.165) is 5.56 Å². The zero-order valence-electron chi connectivity index (χ0n) is 23.2. The van der Waals surface area contributed by atoms with Gasteiger partial charge in [-0.2, -0.15) is 0 Å². The predicted octanol–water partition coefficient (Wildman–Crippen LogP) is 3.91. The van der Waals surface area contributed by atoms with Gasteiger partial charge in [-0.25, -0.2) is 9.48 Å². The van der Waals surface area contributed by atoms with E-state index in [9.17, 15) is 14.4 Å². The number of amides is 2. The number of fused-ring (bicyclic) bond motifs is 1. The van der Waals surface area contributed by atoms with Gasteiger partial charge in [-0.05, 0) is 68.3 Å². The van der Waals surface area contributed by atoms with E-state index in [2.05, 4.69) is 15.6 Å². The molecule has 3 aromatic carbocycles. The topological polar surface area (TPSA) is 116 Å². The van der Waals surface area contributed by atoms with Gasteiger partial charge >= 0.3 is 5.97 Å². The lowest BCUT2D eigenvalue weighted by Gasteiger charge is -2.34. The summed E-state index contributed by atoms with van der Waals surface area (Å²) in [6.45, 7) is 5.60. The summed E-state index contributed by atoms with van der Waals surface area (Å²) in [5.41, 5.74) is 2.45. The normalized spacial score (nSPS) is 12.0. The van der Waals surface area contributed by atoms with Crippen LogP contribution in [0.1, 0.15) is 48.3 Å². The van der Waals surface area contributed by atoms with Gasteiger partial charge in [0.15, 0.2) is 0 Å². The molecular weight excluding hydrogens is 510 g/mol. The number of nitrogens with zero attached hydrogens (tertiary/aromatic N) is 4. The van der Waals surface area contributed by atoms with Gasteiger partial charge in [0.05, 0.1) is 25.3 Å². The number of esters is 1. The molecule has 208 valence electrons. The second-order valence-electron chi connectivity index (χ2n) is 10.4. The number of benzene rings is 3. The van der Waals surface area contributed by atoms with Crippen molar-refractivity contribution in [3.8, 4) is 5.75 Å². The Bertz CT molecular complexity index is 1510. The SMILES string of the molecule is COC(=O)c1ccc([C@@H](C(=O)NC(C)(C)C)N(Cc2cccc(OC)c2)C(=O)Cn2nnc3ccccc32)cc1. The van der Waals surface area contributed by atoms with Crippen LogP contribution in [0.15, 0.2) is 72.8 Å². The molecule has 0 spiro atoms. The van der Waals surface area contributed by atoms with E-state index < -0.39 is 17.6 Å². The van der Waals surface area contributed by atoms with Crippen molar-refractivity contribution in [3.63, 3.8) is 0 Å². The molecule has 1 aromatic heterocycles. The molecule has 0 saturated heterocycles. The summed E-state index contributed by atoms with van der Waals surface area (Å²) >= 11 is 0. The molecule has 0 aliphatic rings. The van der Waals surface area contributed by atoms with Crippen LogP contribution >= 0.6 is 0 Å². The molecule has 0 radical (unpaired) electrons. The second kappa shape index (κ2) is 12.0. The number of para-hydroxylation sites is 1. The molecule has 0 aliphatic heterocycles. The summed E-state index contributed by atoms with van der Waals surface area (Å²) in [5, 5.41) is 11.4. The van der Waals surface area contributed by atoms with Gasteiger partial charge < -0.3 is 19.7 Å². The van der Waals surface area contributed by atoms with E-state index in [0.29, 0.717) is 27.9 Å². The first-order valence-corrected chi connectivity index (χ1v) is 12.8. The first-order chi connectivity index (χ1) is 19.1. The maximum Gasteiger partial charge on any atom is 0.337 e. The minimum atomic E-state index is -1.01. The van der Waals surface area contributed by atoms with E-state index in [4.69, 9.17) is 9.47 Å². The lowest BCUT2D eigenvalue weighted by molar-refractivity contribution is -0.142. The number of hydrogen-bond donors (Lipinski definition) is 1. The number of methoxy groups -OCH3 is 2. The number of carbonyl (C=O) groups is 3. The highest BCUT2D eigenvalue weighted by Crippen LogP contribution is 2.27. The molecular formula is C30H33N5O5. The van der Waals surface area contributed by atoms with Crippen LogP contribution in [0, 0.1) is 0 Å². The largest absolute Gasteiger partial charge is 0.497 e. The van der Waals surface area contributed by atoms with E-state index >= 15 is 0 Å². The van der Waals surface area contributed by atoms with Gasteiger partial charge in [0.25, 0.3) is 0 Å². The average molecular weight is 544 g/mol. The van der Waals surface area contributed by atoms with Crippen LogP contribution in [-0.2, 0) is 27.4 Å². The van der Waals surface area contributed by atoms with Crippen molar-refractivity contribution in [1.82, 2.24) is 25.2 Å². The Morgan fingerprint density at radius 3 is 2.38 bits per heavy atom. The molecule has 10 nitrogen and oxygen atoms in total. The highest BCUT2D eigenvalue weighted by atomic mass is 16.5. The van der Waals surface area contributed by atoms with Crippen LogP contribution in [0.5, 0.6) is 5.75 Å². The molecule has 0 aliphatic carbocycles. The standard InChI is InChI=1S/C30H33N5O5/c1-30(2,3)31-28(37)27(21-13-15-22(16-14-21)29(38)40-5)34(18-20-9-8-10-23(17-20)39-4)26(36)19-35-25-12-7-6-11-24(25)32-33-35/h6-17,27H,18-19H2,1-5H3,(H,31,37)/t27-/m0/s1. The molecule has 2 amide bonds. The predicted molar refractivity (Wildman–Crippen MR) is 149 cm³/mol. The molecule has 0 saturated carbocycles. The van der Waals surface area contributed by atoms with Crippen LogP contribution in [0.25, 0.3) is 11.0 Å². The van der Waals surface area contributed by atoms with Gasteiger partial charge in [-0.3, -0.25) is 9.59 Å². The molecule has 0 fully saturated rings. The summed E-state index contributed by atoms with van der Waals surface area (Å²) in [4.78, 5) is 41.5. The average Bonchev–Trinajstić information content (AvgIpc) is 3.34. The van der Waals surface area contributed by atoms with Gasteiger partial charge in [0.2, 0.25) is 11.8 Å². The Morgan fingerprint density at radius 1 is 0.975 bits per heavy atom. The maximum absolute atomic E-state index is 14.1. The Balaban J connectivity index is 1.79. The van der Waals surface area contributed by atoms with Crippen LogP contribution < -0.4 is 10.1 Å². The monoisotopic (exact) mass is 543 g/mol. The van der Waals surface area contributed by atoms with Crippen molar-refractivity contribution >= 4 is 28.8 Å². The number of nitrogens with one attached hydrogen (secondary N) is 1. The number of carbonyl (C=O) groups excluding carboxylic acids is 3. The zero-order chi connectivity index (χ0) is 28.9. The minimum Gasteiger partial charge on any atom is -0.497 e. The molecule has 0 unspecified atom stereocenters. The summed E-state index contributed by atoms with van der Waals surface area (Å²) in [6, 6.07) is 20.2.